The fourth-order valence-corrected chi connectivity index (χ4v) is 3.24. The van der Waals surface area contributed by atoms with Gasteiger partial charge in [-0.25, -0.2) is 9.78 Å². The van der Waals surface area contributed by atoms with E-state index in [1.165, 1.54) is 15.9 Å². The highest BCUT2D eigenvalue weighted by molar-refractivity contribution is 7.15. The Morgan fingerprint density at radius 3 is 3.00 bits per heavy atom. The average Bonchev–Trinajstić information content (AvgIpc) is 2.95. The number of hydrogen-bond donors (Lipinski definition) is 2. The number of aryl methyl sites for hydroxylation is 2. The second-order valence-corrected chi connectivity index (χ2v) is 6.86. The van der Waals surface area contributed by atoms with Crippen molar-refractivity contribution in [1.82, 2.24) is 25.1 Å². The Morgan fingerprint density at radius 1 is 1.42 bits per heavy atom. The normalized spacial score (nSPS) is 17.6. The van der Waals surface area contributed by atoms with Crippen LogP contribution in [-0.2, 0) is 7.05 Å². The molecule has 1 atom stereocenters. The van der Waals surface area contributed by atoms with Crippen LogP contribution in [0.15, 0.2) is 17.2 Å². The molecule has 0 radical (unpaired) electrons. The number of aromatic nitrogens is 4. The first-order valence-corrected chi connectivity index (χ1v) is 8.49. The Balaban J connectivity index is 1.62. The lowest BCUT2D eigenvalue weighted by Crippen LogP contribution is -2.50. The maximum atomic E-state index is 12.2. The van der Waals surface area contributed by atoms with E-state index in [1.807, 2.05) is 11.8 Å². The third-order valence-corrected chi connectivity index (χ3v) is 4.56. The fourth-order valence-electron chi connectivity index (χ4n) is 2.65. The van der Waals surface area contributed by atoms with Crippen LogP contribution in [0.4, 0.5) is 15.7 Å². The van der Waals surface area contributed by atoms with Crippen LogP contribution in [0.3, 0.4) is 0 Å². The van der Waals surface area contributed by atoms with Crippen LogP contribution in [-0.4, -0.2) is 44.9 Å². The van der Waals surface area contributed by atoms with Crippen LogP contribution >= 0.6 is 11.3 Å². The molecule has 3 heterocycles. The molecule has 24 heavy (non-hydrogen) atoms. The molecule has 1 fully saturated rings. The molecule has 2 aromatic heterocycles. The summed E-state index contributed by atoms with van der Waals surface area (Å²) >= 11 is 1.32. The molecule has 2 aromatic rings. The molecule has 0 saturated carbocycles. The molecule has 0 aliphatic carbocycles. The smallest absolute Gasteiger partial charge is 0.321 e. The largest absolute Gasteiger partial charge is 0.350 e. The number of rotatable bonds is 3. The van der Waals surface area contributed by atoms with Crippen LogP contribution in [0.5, 0.6) is 0 Å². The Kier molecular flexibility index (Phi) is 4.74. The number of urea groups is 1. The summed E-state index contributed by atoms with van der Waals surface area (Å²) in [7, 11) is 1.70. The van der Waals surface area contributed by atoms with Crippen LogP contribution in [0.25, 0.3) is 0 Å². The highest BCUT2D eigenvalue weighted by Gasteiger charge is 2.24. The minimum absolute atomic E-state index is 0.0560. The molecule has 0 spiro atoms. The van der Waals surface area contributed by atoms with Crippen molar-refractivity contribution in [2.75, 3.05) is 23.3 Å². The van der Waals surface area contributed by atoms with E-state index in [2.05, 4.69) is 25.8 Å². The van der Waals surface area contributed by atoms with Gasteiger partial charge in [0.2, 0.25) is 5.13 Å². The zero-order valence-electron chi connectivity index (χ0n) is 13.5. The quantitative estimate of drug-likeness (QED) is 0.846. The van der Waals surface area contributed by atoms with Gasteiger partial charge in [0, 0.05) is 38.6 Å². The zero-order chi connectivity index (χ0) is 17.1. The fraction of sp³-hybridized carbons (Fsp3) is 0.500. The molecule has 0 bridgehead atoms. The Morgan fingerprint density at radius 2 is 2.25 bits per heavy atom. The minimum Gasteiger partial charge on any atom is -0.350 e. The summed E-state index contributed by atoms with van der Waals surface area (Å²) in [6.07, 6.45) is 4.97. The van der Waals surface area contributed by atoms with Gasteiger partial charge in [-0.15, -0.1) is 10.2 Å². The van der Waals surface area contributed by atoms with Gasteiger partial charge in [0.1, 0.15) is 5.01 Å². The summed E-state index contributed by atoms with van der Waals surface area (Å²) in [6.45, 7) is 3.13. The number of nitrogens with one attached hydrogen (secondary N) is 2. The first-order valence-electron chi connectivity index (χ1n) is 7.67. The Bertz CT molecular complexity index is 787. The summed E-state index contributed by atoms with van der Waals surface area (Å²) in [5.41, 5.74) is -0.132. The number of carbonyl (C=O) groups excluding carboxylic acids is 1. The van der Waals surface area contributed by atoms with E-state index in [0.29, 0.717) is 17.5 Å². The lowest BCUT2D eigenvalue weighted by molar-refractivity contribution is 0.246. The first kappa shape index (κ1) is 16.4. The van der Waals surface area contributed by atoms with Crippen molar-refractivity contribution < 1.29 is 4.79 Å². The number of nitrogens with zero attached hydrogens (tertiary/aromatic N) is 5. The van der Waals surface area contributed by atoms with Crippen molar-refractivity contribution in [3.8, 4) is 0 Å². The number of amides is 2. The predicted octanol–water partition coefficient (Wildman–Crippen LogP) is 0.731. The first-order chi connectivity index (χ1) is 11.5. The van der Waals surface area contributed by atoms with Crippen LogP contribution in [0, 0.1) is 6.92 Å². The molecule has 2 N–H and O–H groups in total. The third kappa shape index (κ3) is 3.70. The Labute approximate surface area is 142 Å². The third-order valence-electron chi connectivity index (χ3n) is 3.80. The van der Waals surface area contributed by atoms with E-state index in [4.69, 9.17) is 0 Å². The van der Waals surface area contributed by atoms with Gasteiger partial charge < -0.3 is 14.8 Å². The molecule has 1 saturated heterocycles. The number of carbonyl (C=O) groups is 1. The lowest BCUT2D eigenvalue weighted by Gasteiger charge is -2.33. The molecule has 9 nitrogen and oxygen atoms in total. The molecule has 0 unspecified atom stereocenters. The van der Waals surface area contributed by atoms with Gasteiger partial charge in [0.15, 0.2) is 5.82 Å². The maximum Gasteiger partial charge on any atom is 0.321 e. The van der Waals surface area contributed by atoms with Gasteiger partial charge >= 0.3 is 6.03 Å². The summed E-state index contributed by atoms with van der Waals surface area (Å²) in [5, 5.41) is 14.6. The second kappa shape index (κ2) is 6.95. The average molecular weight is 349 g/mol. The summed E-state index contributed by atoms with van der Waals surface area (Å²) < 4.78 is 1.50. The molecule has 128 valence electrons. The monoisotopic (exact) mass is 349 g/mol. The number of hydrogen-bond acceptors (Lipinski definition) is 7. The highest BCUT2D eigenvalue weighted by Crippen LogP contribution is 2.16. The van der Waals surface area contributed by atoms with Crippen molar-refractivity contribution in [2.45, 2.75) is 25.8 Å². The predicted molar refractivity (Wildman–Crippen MR) is 91.5 cm³/mol. The summed E-state index contributed by atoms with van der Waals surface area (Å²) in [5.74, 6) is 0.423. The number of anilines is 2. The van der Waals surface area contributed by atoms with Crippen molar-refractivity contribution >= 4 is 28.3 Å². The minimum atomic E-state index is -0.313. The lowest BCUT2D eigenvalue weighted by atomic mass is 10.1. The number of piperidine rings is 1. The van der Waals surface area contributed by atoms with E-state index in [9.17, 15) is 9.59 Å². The van der Waals surface area contributed by atoms with Gasteiger partial charge in [0.25, 0.3) is 5.56 Å². The van der Waals surface area contributed by atoms with Crippen LogP contribution in [0.2, 0.25) is 0 Å². The SMILES string of the molecule is Cc1nnc(NC(=O)N[C@H]2CCCN(c3nccn(C)c3=O)C2)s1. The van der Waals surface area contributed by atoms with Crippen LogP contribution in [0.1, 0.15) is 17.8 Å². The molecule has 10 heteroatoms. The van der Waals surface area contributed by atoms with Gasteiger partial charge in [-0.1, -0.05) is 11.3 Å². The van der Waals surface area contributed by atoms with E-state index in [1.54, 1.807) is 19.4 Å². The van der Waals surface area contributed by atoms with Gasteiger partial charge in [-0.05, 0) is 19.8 Å². The molecule has 3 rings (SSSR count). The van der Waals surface area contributed by atoms with Crippen molar-refractivity contribution in [3.63, 3.8) is 0 Å². The topological polar surface area (TPSA) is 105 Å². The Hall–Kier alpha value is -2.49. The molecule has 2 amide bonds. The van der Waals surface area contributed by atoms with E-state index < -0.39 is 0 Å². The molecule has 1 aliphatic heterocycles. The molecule has 1 aliphatic rings. The second-order valence-electron chi connectivity index (χ2n) is 5.68. The molecular formula is C14H19N7O2S. The standard InChI is InChI=1S/C14H19N7O2S/c1-9-18-19-14(24-9)17-13(23)16-10-4-3-6-21(8-10)11-12(22)20(2)7-5-15-11/h5,7,10H,3-4,6,8H2,1-2H3,(H2,16,17,19,23)/t10-/m0/s1. The van der Waals surface area contributed by atoms with E-state index >= 15 is 0 Å². The van der Waals surface area contributed by atoms with Gasteiger partial charge in [-0.3, -0.25) is 10.1 Å². The molecule has 0 aromatic carbocycles. The van der Waals surface area contributed by atoms with E-state index in [-0.39, 0.29) is 17.6 Å². The van der Waals surface area contributed by atoms with Crippen LogP contribution < -0.4 is 21.1 Å². The summed E-state index contributed by atoms with van der Waals surface area (Å²) in [6, 6.07) is -0.369. The summed E-state index contributed by atoms with van der Waals surface area (Å²) in [4.78, 5) is 30.4. The maximum absolute atomic E-state index is 12.2. The zero-order valence-corrected chi connectivity index (χ0v) is 14.3. The van der Waals surface area contributed by atoms with Crippen molar-refractivity contribution in [1.29, 1.82) is 0 Å². The highest BCUT2D eigenvalue weighted by atomic mass is 32.1. The van der Waals surface area contributed by atoms with Crippen molar-refractivity contribution in [3.05, 3.63) is 27.8 Å². The van der Waals surface area contributed by atoms with Crippen molar-refractivity contribution in [2.24, 2.45) is 7.05 Å². The molecular weight excluding hydrogens is 330 g/mol. The van der Waals surface area contributed by atoms with E-state index in [0.717, 1.165) is 24.4 Å². The van der Waals surface area contributed by atoms with Gasteiger partial charge in [-0.2, -0.15) is 0 Å². The van der Waals surface area contributed by atoms with Gasteiger partial charge in [0.05, 0.1) is 0 Å².